The largest absolute Gasteiger partial charge is 0.469 e. The van der Waals surface area contributed by atoms with Crippen molar-refractivity contribution in [2.24, 2.45) is 0 Å². The number of benzene rings is 1. The number of hydrogen-bond acceptors (Lipinski definition) is 2. The van der Waals surface area contributed by atoms with Gasteiger partial charge < -0.3 is 9.73 Å². The molecule has 0 spiro atoms. The molecule has 1 aliphatic rings. The number of halogens is 1. The molecule has 0 amide bonds. The standard InChI is InChI=1S/C13H12BrNO/c14-11-4-1-3-10-9(6-7-15-13(10)11)12-5-2-8-16-12/h1-5,8-9,15H,6-7H2. The Morgan fingerprint density at radius 2 is 2.19 bits per heavy atom. The summed E-state index contributed by atoms with van der Waals surface area (Å²) in [5.41, 5.74) is 2.52. The molecule has 1 atom stereocenters. The number of hydrogen-bond donors (Lipinski definition) is 1. The summed E-state index contributed by atoms with van der Waals surface area (Å²) in [5, 5.41) is 3.43. The van der Waals surface area contributed by atoms with E-state index in [4.69, 9.17) is 4.42 Å². The van der Waals surface area contributed by atoms with Crippen LogP contribution in [0.15, 0.2) is 45.5 Å². The molecular weight excluding hydrogens is 266 g/mol. The van der Waals surface area contributed by atoms with Gasteiger partial charge in [0, 0.05) is 16.9 Å². The predicted molar refractivity (Wildman–Crippen MR) is 67.8 cm³/mol. The molecule has 2 heterocycles. The highest BCUT2D eigenvalue weighted by molar-refractivity contribution is 9.10. The molecule has 16 heavy (non-hydrogen) atoms. The molecule has 1 aromatic heterocycles. The Morgan fingerprint density at radius 3 is 3.00 bits per heavy atom. The Kier molecular flexibility index (Phi) is 2.48. The average molecular weight is 278 g/mol. The van der Waals surface area contributed by atoms with Gasteiger partial charge >= 0.3 is 0 Å². The lowest BCUT2D eigenvalue weighted by Crippen LogP contribution is -2.17. The summed E-state index contributed by atoms with van der Waals surface area (Å²) in [7, 11) is 0. The first-order valence-corrected chi connectivity index (χ1v) is 6.21. The molecule has 3 rings (SSSR count). The quantitative estimate of drug-likeness (QED) is 0.853. The van der Waals surface area contributed by atoms with Crippen LogP contribution in [0.1, 0.15) is 23.7 Å². The molecule has 1 unspecified atom stereocenters. The smallest absolute Gasteiger partial charge is 0.111 e. The predicted octanol–water partition coefficient (Wildman–Crippen LogP) is 3.99. The van der Waals surface area contributed by atoms with Crippen LogP contribution in [0.5, 0.6) is 0 Å². The number of anilines is 1. The third-order valence-corrected chi connectivity index (χ3v) is 3.70. The van der Waals surface area contributed by atoms with Gasteiger partial charge in [-0.05, 0) is 46.1 Å². The number of nitrogens with one attached hydrogen (secondary N) is 1. The molecule has 1 aliphatic heterocycles. The van der Waals surface area contributed by atoms with E-state index in [1.165, 1.54) is 11.3 Å². The van der Waals surface area contributed by atoms with E-state index in [2.05, 4.69) is 45.5 Å². The van der Waals surface area contributed by atoms with Gasteiger partial charge in [0.05, 0.1) is 12.0 Å². The van der Waals surface area contributed by atoms with Crippen molar-refractivity contribution < 1.29 is 4.42 Å². The summed E-state index contributed by atoms with van der Waals surface area (Å²) < 4.78 is 6.65. The summed E-state index contributed by atoms with van der Waals surface area (Å²) in [6, 6.07) is 10.3. The molecule has 82 valence electrons. The Labute approximate surface area is 103 Å². The summed E-state index contributed by atoms with van der Waals surface area (Å²) in [6.45, 7) is 0.987. The van der Waals surface area contributed by atoms with E-state index in [1.54, 1.807) is 6.26 Å². The van der Waals surface area contributed by atoms with Gasteiger partial charge in [0.15, 0.2) is 0 Å². The zero-order valence-corrected chi connectivity index (χ0v) is 10.3. The summed E-state index contributed by atoms with van der Waals surface area (Å²) in [6.07, 6.45) is 2.83. The zero-order valence-electron chi connectivity index (χ0n) is 8.74. The van der Waals surface area contributed by atoms with Crippen LogP contribution in [0.4, 0.5) is 5.69 Å². The normalized spacial score (nSPS) is 18.9. The Balaban J connectivity index is 2.10. The van der Waals surface area contributed by atoms with Crippen molar-refractivity contribution in [3.05, 3.63) is 52.4 Å². The van der Waals surface area contributed by atoms with Gasteiger partial charge in [0.2, 0.25) is 0 Å². The third kappa shape index (κ3) is 1.55. The van der Waals surface area contributed by atoms with E-state index in [9.17, 15) is 0 Å². The summed E-state index contributed by atoms with van der Waals surface area (Å²) in [5.74, 6) is 1.43. The molecule has 0 saturated heterocycles. The first-order valence-electron chi connectivity index (χ1n) is 5.42. The topological polar surface area (TPSA) is 25.2 Å². The zero-order chi connectivity index (χ0) is 11.0. The molecule has 1 aromatic carbocycles. The second kappa shape index (κ2) is 3.98. The van der Waals surface area contributed by atoms with Gasteiger partial charge in [-0.15, -0.1) is 0 Å². The number of para-hydroxylation sites is 1. The van der Waals surface area contributed by atoms with Gasteiger partial charge in [-0.2, -0.15) is 0 Å². The molecule has 0 bridgehead atoms. The van der Waals surface area contributed by atoms with Gasteiger partial charge in [0.1, 0.15) is 5.76 Å². The van der Waals surface area contributed by atoms with Crippen LogP contribution in [0.3, 0.4) is 0 Å². The lowest BCUT2D eigenvalue weighted by atomic mass is 9.89. The van der Waals surface area contributed by atoms with Gasteiger partial charge in [-0.1, -0.05) is 12.1 Å². The van der Waals surface area contributed by atoms with Crippen molar-refractivity contribution in [1.29, 1.82) is 0 Å². The maximum atomic E-state index is 5.53. The van der Waals surface area contributed by atoms with Crippen molar-refractivity contribution >= 4 is 21.6 Å². The summed E-state index contributed by atoms with van der Waals surface area (Å²) >= 11 is 3.58. The second-order valence-electron chi connectivity index (χ2n) is 3.99. The van der Waals surface area contributed by atoms with Crippen molar-refractivity contribution in [2.75, 3.05) is 11.9 Å². The van der Waals surface area contributed by atoms with Crippen LogP contribution in [-0.2, 0) is 0 Å². The molecular formula is C13H12BrNO. The molecule has 0 radical (unpaired) electrons. The number of rotatable bonds is 1. The van der Waals surface area contributed by atoms with E-state index >= 15 is 0 Å². The molecule has 0 aliphatic carbocycles. The molecule has 1 N–H and O–H groups in total. The highest BCUT2D eigenvalue weighted by Crippen LogP contribution is 2.40. The lowest BCUT2D eigenvalue weighted by Gasteiger charge is -2.26. The highest BCUT2D eigenvalue weighted by atomic mass is 79.9. The molecule has 2 aromatic rings. The van der Waals surface area contributed by atoms with Crippen LogP contribution in [-0.4, -0.2) is 6.54 Å². The Hall–Kier alpha value is -1.22. The number of furan rings is 1. The monoisotopic (exact) mass is 277 g/mol. The van der Waals surface area contributed by atoms with Crippen LogP contribution >= 0.6 is 15.9 Å². The molecule has 3 heteroatoms. The first kappa shape index (κ1) is 9.97. The van der Waals surface area contributed by atoms with E-state index in [0.29, 0.717) is 5.92 Å². The molecule has 0 saturated carbocycles. The Morgan fingerprint density at radius 1 is 1.25 bits per heavy atom. The highest BCUT2D eigenvalue weighted by Gasteiger charge is 2.24. The van der Waals surface area contributed by atoms with Crippen molar-refractivity contribution in [3.8, 4) is 0 Å². The van der Waals surface area contributed by atoms with Crippen LogP contribution in [0.2, 0.25) is 0 Å². The van der Waals surface area contributed by atoms with Crippen molar-refractivity contribution in [2.45, 2.75) is 12.3 Å². The van der Waals surface area contributed by atoms with Gasteiger partial charge in [0.25, 0.3) is 0 Å². The maximum absolute atomic E-state index is 5.53. The van der Waals surface area contributed by atoms with Crippen molar-refractivity contribution in [1.82, 2.24) is 0 Å². The SMILES string of the molecule is Brc1cccc2c1NCCC2c1ccco1. The first-order chi connectivity index (χ1) is 7.86. The average Bonchev–Trinajstić information content (AvgIpc) is 2.82. The van der Waals surface area contributed by atoms with E-state index < -0.39 is 0 Å². The molecule has 0 fully saturated rings. The van der Waals surface area contributed by atoms with Crippen LogP contribution in [0, 0.1) is 0 Å². The second-order valence-corrected chi connectivity index (χ2v) is 4.84. The summed E-state index contributed by atoms with van der Waals surface area (Å²) in [4.78, 5) is 0. The van der Waals surface area contributed by atoms with Crippen LogP contribution in [0.25, 0.3) is 0 Å². The van der Waals surface area contributed by atoms with E-state index in [0.717, 1.165) is 23.2 Å². The minimum absolute atomic E-state index is 0.378. The van der Waals surface area contributed by atoms with Gasteiger partial charge in [-0.25, -0.2) is 0 Å². The molecule has 2 nitrogen and oxygen atoms in total. The fraction of sp³-hybridized carbons (Fsp3) is 0.231. The van der Waals surface area contributed by atoms with Crippen molar-refractivity contribution in [3.63, 3.8) is 0 Å². The van der Waals surface area contributed by atoms with E-state index in [-0.39, 0.29) is 0 Å². The minimum atomic E-state index is 0.378. The Bertz CT molecular complexity index is 493. The minimum Gasteiger partial charge on any atom is -0.469 e. The van der Waals surface area contributed by atoms with Gasteiger partial charge in [-0.3, -0.25) is 0 Å². The lowest BCUT2D eigenvalue weighted by molar-refractivity contribution is 0.474. The fourth-order valence-electron chi connectivity index (χ4n) is 2.30. The van der Waals surface area contributed by atoms with Crippen LogP contribution < -0.4 is 5.32 Å². The third-order valence-electron chi connectivity index (χ3n) is 3.04. The van der Waals surface area contributed by atoms with E-state index in [1.807, 2.05) is 6.07 Å². The maximum Gasteiger partial charge on any atom is 0.111 e. The fourth-order valence-corrected chi connectivity index (χ4v) is 2.82. The number of fused-ring (bicyclic) bond motifs is 1.